The molecule has 0 aliphatic rings. The smallest absolute Gasteiger partial charge is 0.230 e. The summed E-state index contributed by atoms with van der Waals surface area (Å²) < 4.78 is 32.9. The second kappa shape index (κ2) is 8.37. The van der Waals surface area contributed by atoms with E-state index in [2.05, 4.69) is 9.98 Å². The fourth-order valence-corrected chi connectivity index (χ4v) is 2.40. The molecule has 3 rings (SSSR count). The highest BCUT2D eigenvalue weighted by Crippen LogP contribution is 2.25. The van der Waals surface area contributed by atoms with Crippen LogP contribution in [-0.2, 0) is 6.54 Å². The molecule has 0 spiro atoms. The Bertz CT molecular complexity index is 977. The van der Waals surface area contributed by atoms with Crippen molar-refractivity contribution < 1.29 is 18.7 Å². The molecule has 0 radical (unpaired) electrons. The van der Waals surface area contributed by atoms with Gasteiger partial charge in [0.1, 0.15) is 17.4 Å². The normalized spacial score (nSPS) is 11.3. The van der Waals surface area contributed by atoms with Crippen molar-refractivity contribution in [1.82, 2.24) is 10.5 Å². The van der Waals surface area contributed by atoms with Gasteiger partial charge in [0.15, 0.2) is 5.84 Å². The molecule has 0 aliphatic heterocycles. The monoisotopic (exact) mass is 369 g/mol. The van der Waals surface area contributed by atoms with Crippen LogP contribution in [0.15, 0.2) is 65.7 Å². The highest BCUT2D eigenvalue weighted by Gasteiger charge is 2.14. The molecule has 2 N–H and O–H groups in total. The van der Waals surface area contributed by atoms with Crippen LogP contribution in [0.5, 0.6) is 11.6 Å². The minimum Gasteiger partial charge on any atom is -0.438 e. The first-order valence-electron chi connectivity index (χ1n) is 8.16. The van der Waals surface area contributed by atoms with Gasteiger partial charge in [-0.15, -0.1) is 0 Å². The molecule has 2 aromatic carbocycles. The van der Waals surface area contributed by atoms with E-state index < -0.39 is 11.6 Å². The average Bonchev–Trinajstić information content (AvgIpc) is 2.65. The molecule has 27 heavy (non-hydrogen) atoms. The van der Waals surface area contributed by atoms with E-state index in [-0.39, 0.29) is 24.0 Å². The zero-order valence-electron chi connectivity index (χ0n) is 14.5. The summed E-state index contributed by atoms with van der Waals surface area (Å²) in [6.45, 7) is 1.77. The molecule has 0 saturated carbocycles. The Morgan fingerprint density at radius 3 is 2.67 bits per heavy atom. The topological polar surface area (TPSA) is 66.7 Å². The van der Waals surface area contributed by atoms with E-state index in [0.29, 0.717) is 16.8 Å². The van der Waals surface area contributed by atoms with E-state index in [1.165, 1.54) is 24.3 Å². The Balaban J connectivity index is 1.94. The van der Waals surface area contributed by atoms with Crippen molar-refractivity contribution in [3.63, 3.8) is 0 Å². The summed E-state index contributed by atoms with van der Waals surface area (Å²) in [5.74, 6) is -0.403. The quantitative estimate of drug-likeness (QED) is 0.398. The number of aryl methyl sites for hydroxylation is 1. The summed E-state index contributed by atoms with van der Waals surface area (Å²) in [4.78, 5) is 8.50. The molecule has 0 atom stereocenters. The number of halogens is 2. The van der Waals surface area contributed by atoms with Crippen LogP contribution in [0.4, 0.5) is 8.78 Å². The molecule has 0 bridgehead atoms. The van der Waals surface area contributed by atoms with Crippen molar-refractivity contribution in [3.8, 4) is 11.6 Å². The van der Waals surface area contributed by atoms with Gasteiger partial charge in [-0.05, 0) is 37.3 Å². The van der Waals surface area contributed by atoms with Crippen LogP contribution >= 0.6 is 0 Å². The van der Waals surface area contributed by atoms with E-state index in [0.717, 1.165) is 0 Å². The van der Waals surface area contributed by atoms with Gasteiger partial charge in [-0.3, -0.25) is 15.7 Å². The van der Waals surface area contributed by atoms with E-state index in [4.69, 9.17) is 4.74 Å². The van der Waals surface area contributed by atoms with E-state index in [1.807, 2.05) is 5.48 Å². The third kappa shape index (κ3) is 4.65. The van der Waals surface area contributed by atoms with Crippen molar-refractivity contribution >= 4 is 5.84 Å². The van der Waals surface area contributed by atoms with Crippen LogP contribution in [0, 0.1) is 18.6 Å². The van der Waals surface area contributed by atoms with E-state index in [1.54, 1.807) is 43.3 Å². The van der Waals surface area contributed by atoms with Gasteiger partial charge < -0.3 is 4.74 Å². The van der Waals surface area contributed by atoms with Crippen molar-refractivity contribution in [1.29, 1.82) is 0 Å². The number of nitrogens with zero attached hydrogens (tertiary/aromatic N) is 2. The predicted octanol–water partition coefficient (Wildman–Crippen LogP) is 4.39. The van der Waals surface area contributed by atoms with Crippen molar-refractivity contribution in [3.05, 3.63) is 89.1 Å². The lowest BCUT2D eigenvalue weighted by molar-refractivity contribution is 0.234. The molecule has 7 heteroatoms. The number of amidine groups is 1. The van der Waals surface area contributed by atoms with Crippen molar-refractivity contribution in [2.24, 2.45) is 4.99 Å². The summed E-state index contributed by atoms with van der Waals surface area (Å²) >= 11 is 0. The Morgan fingerprint density at radius 1 is 1.11 bits per heavy atom. The van der Waals surface area contributed by atoms with Crippen LogP contribution in [-0.4, -0.2) is 16.0 Å². The van der Waals surface area contributed by atoms with Crippen LogP contribution < -0.4 is 10.2 Å². The first kappa shape index (κ1) is 18.5. The van der Waals surface area contributed by atoms with Gasteiger partial charge in [-0.1, -0.05) is 24.3 Å². The molecule has 0 fully saturated rings. The Labute approximate surface area is 154 Å². The van der Waals surface area contributed by atoms with E-state index in [9.17, 15) is 14.0 Å². The average molecular weight is 369 g/mol. The van der Waals surface area contributed by atoms with Gasteiger partial charge in [-0.2, -0.15) is 0 Å². The first-order chi connectivity index (χ1) is 13.1. The highest BCUT2D eigenvalue weighted by molar-refractivity contribution is 6.00. The molecule has 138 valence electrons. The maximum absolute atomic E-state index is 13.8. The third-order valence-electron chi connectivity index (χ3n) is 3.74. The van der Waals surface area contributed by atoms with Gasteiger partial charge in [0.25, 0.3) is 0 Å². The number of nitrogens with one attached hydrogen (secondary N) is 1. The largest absolute Gasteiger partial charge is 0.438 e. The third-order valence-corrected chi connectivity index (χ3v) is 3.74. The molecule has 1 heterocycles. The zero-order valence-corrected chi connectivity index (χ0v) is 14.5. The number of rotatable bonds is 5. The minimum absolute atomic E-state index is 0.00283. The minimum atomic E-state index is -0.449. The number of aliphatic imine (C=N–C) groups is 1. The molecular formula is C20H17F2N3O2. The molecule has 3 aromatic rings. The lowest BCUT2D eigenvalue weighted by atomic mass is 10.2. The molecule has 0 amide bonds. The SMILES string of the molecule is Cc1ccc(C(=NCc2ccccc2F)NO)c(Oc2cccc(F)c2)n1. The number of hydrogen-bond donors (Lipinski definition) is 2. The molecule has 5 nitrogen and oxygen atoms in total. The van der Waals surface area contributed by atoms with Crippen molar-refractivity contribution in [2.45, 2.75) is 13.5 Å². The van der Waals surface area contributed by atoms with E-state index >= 15 is 0 Å². The van der Waals surface area contributed by atoms with Crippen LogP contribution in [0.2, 0.25) is 0 Å². The fourth-order valence-electron chi connectivity index (χ4n) is 2.40. The van der Waals surface area contributed by atoms with Gasteiger partial charge in [-0.25, -0.2) is 13.8 Å². The molecular weight excluding hydrogens is 352 g/mol. The summed E-state index contributed by atoms with van der Waals surface area (Å²) in [7, 11) is 0. The number of benzene rings is 2. The maximum atomic E-state index is 13.8. The predicted molar refractivity (Wildman–Crippen MR) is 97.0 cm³/mol. The second-order valence-corrected chi connectivity index (χ2v) is 5.73. The summed E-state index contributed by atoms with van der Waals surface area (Å²) in [6.07, 6.45) is 0. The number of hydrogen-bond acceptors (Lipinski definition) is 4. The lowest BCUT2D eigenvalue weighted by Gasteiger charge is -2.12. The van der Waals surface area contributed by atoms with Crippen LogP contribution in [0.1, 0.15) is 16.8 Å². The van der Waals surface area contributed by atoms with Gasteiger partial charge >= 0.3 is 0 Å². The number of pyridine rings is 1. The van der Waals surface area contributed by atoms with Gasteiger partial charge in [0.2, 0.25) is 5.88 Å². The summed E-state index contributed by atoms with van der Waals surface area (Å²) in [5.41, 5.74) is 3.39. The van der Waals surface area contributed by atoms with Gasteiger partial charge in [0, 0.05) is 17.3 Å². The van der Waals surface area contributed by atoms with Crippen LogP contribution in [0.25, 0.3) is 0 Å². The van der Waals surface area contributed by atoms with Crippen molar-refractivity contribution in [2.75, 3.05) is 0 Å². The summed E-state index contributed by atoms with van der Waals surface area (Å²) in [6, 6.07) is 15.2. The molecule has 0 aliphatic carbocycles. The Kier molecular flexibility index (Phi) is 5.73. The zero-order chi connectivity index (χ0) is 19.2. The fraction of sp³-hybridized carbons (Fsp3) is 0.100. The van der Waals surface area contributed by atoms with Gasteiger partial charge in [0.05, 0.1) is 12.1 Å². The summed E-state index contributed by atoms with van der Waals surface area (Å²) in [5, 5.41) is 9.51. The maximum Gasteiger partial charge on any atom is 0.230 e. The number of ether oxygens (including phenoxy) is 1. The standard InChI is InChI=1S/C20H17F2N3O2/c1-13-9-10-17(20(24-13)27-16-7-4-6-15(21)11-16)19(25-26)23-12-14-5-2-3-8-18(14)22/h2-11,26H,12H2,1H3,(H,23,25). The lowest BCUT2D eigenvalue weighted by Crippen LogP contribution is -2.22. The molecule has 0 saturated heterocycles. The second-order valence-electron chi connectivity index (χ2n) is 5.73. The Hall–Kier alpha value is -3.32. The Morgan fingerprint density at radius 2 is 1.93 bits per heavy atom. The first-order valence-corrected chi connectivity index (χ1v) is 8.16. The number of hydroxylamine groups is 1. The molecule has 0 unspecified atom stereocenters. The van der Waals surface area contributed by atoms with Crippen LogP contribution in [0.3, 0.4) is 0 Å². The number of aromatic nitrogens is 1. The molecule has 1 aromatic heterocycles. The highest BCUT2D eigenvalue weighted by atomic mass is 19.1.